The van der Waals surface area contributed by atoms with Crippen LogP contribution in [0.1, 0.15) is 102 Å². The van der Waals surface area contributed by atoms with Crippen LogP contribution in [0, 0.1) is 11.8 Å². The first-order valence-corrected chi connectivity index (χ1v) is 22.7. The molecular weight excluding hydrogens is 713 g/mol. The zero-order chi connectivity index (χ0) is 43.4. The van der Waals surface area contributed by atoms with Gasteiger partial charge in [-0.25, -0.2) is 0 Å². The van der Waals surface area contributed by atoms with Gasteiger partial charge in [0.05, 0.1) is 0 Å². The second-order valence-electron chi connectivity index (χ2n) is 12.5. The highest BCUT2D eigenvalue weighted by Gasteiger charge is 2.36. The van der Waals surface area contributed by atoms with E-state index in [0.717, 1.165) is 30.1 Å². The van der Waals surface area contributed by atoms with Gasteiger partial charge in [-0.15, -0.1) is 0 Å². The maximum Gasteiger partial charge on any atom is 0.0461 e. The van der Waals surface area contributed by atoms with Gasteiger partial charge < -0.3 is 9.80 Å². The van der Waals surface area contributed by atoms with E-state index in [1.165, 1.54) is 51.4 Å². The van der Waals surface area contributed by atoms with Crippen molar-refractivity contribution in [3.05, 3.63) is 199 Å². The van der Waals surface area contributed by atoms with E-state index in [1.54, 1.807) is 0 Å². The van der Waals surface area contributed by atoms with E-state index in [-0.39, 0.29) is 0 Å². The lowest BCUT2D eigenvalue weighted by Gasteiger charge is -2.27. The van der Waals surface area contributed by atoms with Crippen molar-refractivity contribution in [1.82, 2.24) is 0 Å². The molecule has 2 nitrogen and oxygen atoms in total. The summed E-state index contributed by atoms with van der Waals surface area (Å²) in [6.07, 6.45) is 32.2. The molecule has 4 aliphatic carbocycles. The van der Waals surface area contributed by atoms with Crippen LogP contribution in [0.4, 0.5) is 17.1 Å². The maximum absolute atomic E-state index is 2.44. The van der Waals surface area contributed by atoms with Gasteiger partial charge in [-0.1, -0.05) is 204 Å². The zero-order valence-corrected chi connectivity index (χ0v) is 38.5. The molecule has 2 atom stereocenters. The molecular formula is C57H74N2. The van der Waals surface area contributed by atoms with Gasteiger partial charge in [0, 0.05) is 34.2 Å². The molecule has 4 aromatic carbocycles. The second-order valence-corrected chi connectivity index (χ2v) is 12.5. The molecule has 0 aliphatic heterocycles. The SMILES string of the molecule is C1=CCC=CC(N(C2=CCC=CC=C2)c2ccc(-c3ccc(-c4ccc(N(C5=CC6CC6C=C5)c5ccccc5)cc4)cc3)cc2)=C1.CC.CC.CC.CC.CC.CC. The van der Waals surface area contributed by atoms with Crippen LogP contribution in [0.25, 0.3) is 22.3 Å². The van der Waals surface area contributed by atoms with Crippen molar-refractivity contribution in [3.63, 3.8) is 0 Å². The fourth-order valence-electron chi connectivity index (χ4n) is 6.68. The third-order valence-electron chi connectivity index (χ3n) is 9.32. The first-order valence-electron chi connectivity index (χ1n) is 22.7. The van der Waals surface area contributed by atoms with Crippen LogP contribution in [0.15, 0.2) is 199 Å². The Labute approximate surface area is 361 Å². The van der Waals surface area contributed by atoms with Gasteiger partial charge in [0.25, 0.3) is 0 Å². The van der Waals surface area contributed by atoms with E-state index in [9.17, 15) is 0 Å². The zero-order valence-electron chi connectivity index (χ0n) is 38.5. The van der Waals surface area contributed by atoms with Crippen molar-refractivity contribution in [2.75, 3.05) is 9.80 Å². The van der Waals surface area contributed by atoms with E-state index in [4.69, 9.17) is 0 Å². The second kappa shape index (κ2) is 28.7. The molecule has 8 rings (SSSR count). The Morgan fingerprint density at radius 2 is 0.881 bits per heavy atom. The van der Waals surface area contributed by atoms with Crippen molar-refractivity contribution in [3.8, 4) is 22.3 Å². The van der Waals surface area contributed by atoms with Gasteiger partial charge in [0.15, 0.2) is 0 Å². The van der Waals surface area contributed by atoms with Crippen LogP contribution in [-0.4, -0.2) is 0 Å². The Kier molecular flexibility index (Phi) is 24.1. The first kappa shape index (κ1) is 49.5. The van der Waals surface area contributed by atoms with Crippen molar-refractivity contribution in [1.29, 1.82) is 0 Å². The molecule has 59 heavy (non-hydrogen) atoms. The van der Waals surface area contributed by atoms with Gasteiger partial charge in [0.1, 0.15) is 0 Å². The standard InChI is InChI=1S/C45H38N2.6C2H6/c1-2-7-13-40(12-6-1)46(41-14-8-3-4-9-15-41)43-27-22-36(23-28-43)34-18-20-35(21-19-34)37-24-29-44(30-25-37)47(42-16-10-5-11-17-42)45-31-26-38-32-39(38)33-45;6*1-2/h1-3,5-6,8-31,33,38-39H,4,7,32H2;6*1-2H3. The summed E-state index contributed by atoms with van der Waals surface area (Å²) in [5.74, 6) is 1.43. The molecule has 0 amide bonds. The molecule has 0 spiro atoms. The van der Waals surface area contributed by atoms with Gasteiger partial charge in [0.2, 0.25) is 0 Å². The molecule has 2 heteroatoms. The van der Waals surface area contributed by atoms with E-state index in [0.29, 0.717) is 5.92 Å². The van der Waals surface area contributed by atoms with Gasteiger partial charge in [-0.3, -0.25) is 0 Å². The lowest BCUT2D eigenvalue weighted by Crippen LogP contribution is -2.19. The number of para-hydroxylation sites is 1. The quantitative estimate of drug-likeness (QED) is 0.176. The molecule has 0 saturated heterocycles. The minimum Gasteiger partial charge on any atom is -0.311 e. The Hall–Kier alpha value is -5.60. The third-order valence-corrected chi connectivity index (χ3v) is 9.32. The Bertz CT molecular complexity index is 1980. The number of hydrogen-bond donors (Lipinski definition) is 0. The predicted octanol–water partition coefficient (Wildman–Crippen LogP) is 18.0. The molecule has 2 unspecified atom stereocenters. The van der Waals surface area contributed by atoms with Crippen LogP contribution in [0.2, 0.25) is 0 Å². The lowest BCUT2D eigenvalue weighted by atomic mass is 9.99. The smallest absolute Gasteiger partial charge is 0.0461 e. The average Bonchev–Trinajstić information content (AvgIpc) is 4.19. The van der Waals surface area contributed by atoms with Crippen LogP contribution < -0.4 is 9.80 Å². The van der Waals surface area contributed by atoms with Crippen LogP contribution >= 0.6 is 0 Å². The molecule has 1 fully saturated rings. The molecule has 0 bridgehead atoms. The normalized spacial score (nSPS) is 15.9. The molecule has 1 saturated carbocycles. The number of benzene rings is 4. The topological polar surface area (TPSA) is 6.48 Å². The Morgan fingerprint density at radius 3 is 1.42 bits per heavy atom. The van der Waals surface area contributed by atoms with Crippen molar-refractivity contribution in [2.24, 2.45) is 11.8 Å². The van der Waals surface area contributed by atoms with Crippen molar-refractivity contribution in [2.45, 2.75) is 102 Å². The number of hydrogen-bond acceptors (Lipinski definition) is 2. The summed E-state index contributed by atoms with van der Waals surface area (Å²) >= 11 is 0. The number of allylic oxidation sites excluding steroid dienone is 13. The third kappa shape index (κ3) is 14.0. The fourth-order valence-corrected chi connectivity index (χ4v) is 6.68. The Balaban J connectivity index is 0.000000921. The van der Waals surface area contributed by atoms with Gasteiger partial charge >= 0.3 is 0 Å². The summed E-state index contributed by atoms with van der Waals surface area (Å²) in [5.41, 5.74) is 12.0. The molecule has 4 aromatic rings. The summed E-state index contributed by atoms with van der Waals surface area (Å²) in [5, 5.41) is 0. The van der Waals surface area contributed by atoms with Crippen molar-refractivity contribution < 1.29 is 0 Å². The minimum absolute atomic E-state index is 0.691. The summed E-state index contributed by atoms with van der Waals surface area (Å²) in [7, 11) is 0. The van der Waals surface area contributed by atoms with Crippen LogP contribution in [-0.2, 0) is 0 Å². The summed E-state index contributed by atoms with van der Waals surface area (Å²) < 4.78 is 0. The number of rotatable bonds is 8. The molecule has 0 heterocycles. The fraction of sp³-hybridized carbons (Fsp3) is 0.298. The highest BCUT2D eigenvalue weighted by molar-refractivity contribution is 5.76. The minimum atomic E-state index is 0.691. The van der Waals surface area contributed by atoms with E-state index < -0.39 is 0 Å². The predicted molar refractivity (Wildman–Crippen MR) is 267 cm³/mol. The monoisotopic (exact) mass is 787 g/mol. The van der Waals surface area contributed by atoms with Crippen LogP contribution in [0.3, 0.4) is 0 Å². The van der Waals surface area contributed by atoms with E-state index >= 15 is 0 Å². The molecule has 0 aromatic heterocycles. The van der Waals surface area contributed by atoms with Gasteiger partial charge in [-0.2, -0.15) is 0 Å². The summed E-state index contributed by atoms with van der Waals surface area (Å²) in [6, 6.07) is 37.6. The summed E-state index contributed by atoms with van der Waals surface area (Å²) in [6.45, 7) is 24.0. The van der Waals surface area contributed by atoms with Crippen LogP contribution in [0.5, 0.6) is 0 Å². The number of nitrogens with zero attached hydrogens (tertiary/aromatic N) is 2. The van der Waals surface area contributed by atoms with Crippen molar-refractivity contribution >= 4 is 17.1 Å². The number of fused-ring (bicyclic) bond motifs is 1. The van der Waals surface area contributed by atoms with Gasteiger partial charge in [-0.05, 0) is 114 Å². The largest absolute Gasteiger partial charge is 0.311 e. The lowest BCUT2D eigenvalue weighted by molar-refractivity contribution is 0.950. The average molecular weight is 787 g/mol. The number of anilines is 3. The molecule has 0 radical (unpaired) electrons. The maximum atomic E-state index is 2.44. The highest BCUT2D eigenvalue weighted by Crippen LogP contribution is 2.46. The first-order chi connectivity index (χ1) is 29.3. The van der Waals surface area contributed by atoms with E-state index in [2.05, 4.69) is 192 Å². The van der Waals surface area contributed by atoms with E-state index in [1.807, 2.05) is 83.1 Å². The Morgan fingerprint density at radius 1 is 0.390 bits per heavy atom. The highest BCUT2D eigenvalue weighted by atomic mass is 15.2. The molecule has 4 aliphatic rings. The summed E-state index contributed by atoms with van der Waals surface area (Å²) in [4.78, 5) is 4.72. The molecule has 312 valence electrons. The molecule has 0 N–H and O–H groups in total.